The van der Waals surface area contributed by atoms with E-state index in [2.05, 4.69) is 26.0 Å². The number of allylic oxidation sites excluding steroid dienone is 2. The average Bonchev–Trinajstić information content (AvgIpc) is 2.43. The van der Waals surface area contributed by atoms with Gasteiger partial charge in [0.1, 0.15) is 5.78 Å². The molecule has 21 heavy (non-hydrogen) atoms. The van der Waals surface area contributed by atoms with Gasteiger partial charge in [0.15, 0.2) is 0 Å². The third-order valence-electron chi connectivity index (χ3n) is 3.72. The standard InChI is InChI=1S/C19H35O.Na.H/c1-3-4-5-6-7-8-9-10-11-12-13-14-15-16-17-18-19(2)20;;/h10-11H,2-9,12-18H2,1H3;;/b11-10-;;. The van der Waals surface area contributed by atoms with Crippen LogP contribution in [0.15, 0.2) is 12.2 Å². The van der Waals surface area contributed by atoms with E-state index in [1.807, 2.05) is 0 Å². The Morgan fingerprint density at radius 2 is 1.19 bits per heavy atom. The van der Waals surface area contributed by atoms with Gasteiger partial charge in [0.2, 0.25) is 0 Å². The molecule has 0 spiro atoms. The summed E-state index contributed by atoms with van der Waals surface area (Å²) in [6, 6.07) is 0. The molecule has 0 N–H and O–H groups in total. The monoisotopic (exact) mass is 303 g/mol. The zero-order chi connectivity index (χ0) is 14.9. The molecule has 0 bridgehead atoms. The van der Waals surface area contributed by atoms with Crippen molar-refractivity contribution in [2.24, 2.45) is 0 Å². The van der Waals surface area contributed by atoms with Crippen LogP contribution < -0.4 is 0 Å². The van der Waals surface area contributed by atoms with E-state index in [1.165, 1.54) is 77.0 Å². The van der Waals surface area contributed by atoms with Crippen molar-refractivity contribution in [2.75, 3.05) is 0 Å². The topological polar surface area (TPSA) is 17.1 Å². The van der Waals surface area contributed by atoms with Crippen LogP contribution >= 0.6 is 0 Å². The molecule has 0 saturated carbocycles. The molecule has 2 heteroatoms. The fourth-order valence-electron chi connectivity index (χ4n) is 2.39. The summed E-state index contributed by atoms with van der Waals surface area (Å²) in [4.78, 5) is 10.7. The molecule has 0 atom stereocenters. The van der Waals surface area contributed by atoms with Gasteiger partial charge >= 0.3 is 29.6 Å². The van der Waals surface area contributed by atoms with Crippen molar-refractivity contribution in [3.05, 3.63) is 19.1 Å². The van der Waals surface area contributed by atoms with E-state index in [4.69, 9.17) is 0 Å². The van der Waals surface area contributed by atoms with Crippen LogP contribution in [0, 0.1) is 6.92 Å². The second-order valence-electron chi connectivity index (χ2n) is 5.87. The number of unbranched alkanes of at least 4 members (excludes halogenated alkanes) is 11. The molecule has 0 amide bonds. The molecule has 0 unspecified atom stereocenters. The molecule has 0 heterocycles. The number of carbonyl (C=O) groups excluding carboxylic acids is 1. The van der Waals surface area contributed by atoms with E-state index < -0.39 is 0 Å². The van der Waals surface area contributed by atoms with Crippen LogP contribution in [0.4, 0.5) is 0 Å². The third kappa shape index (κ3) is 22.8. The first kappa shape index (κ1) is 23.7. The number of carbonyl (C=O) groups is 1. The van der Waals surface area contributed by atoms with Crippen molar-refractivity contribution < 1.29 is 4.79 Å². The molecule has 0 aliphatic rings. The Bertz CT molecular complexity index is 236. The maximum absolute atomic E-state index is 10.7. The second-order valence-corrected chi connectivity index (χ2v) is 5.87. The molecule has 0 saturated heterocycles. The quantitative estimate of drug-likeness (QED) is 0.213. The summed E-state index contributed by atoms with van der Waals surface area (Å²) < 4.78 is 0. The van der Waals surface area contributed by atoms with Crippen LogP contribution in [0.2, 0.25) is 0 Å². The molecule has 1 radical (unpaired) electrons. The van der Waals surface area contributed by atoms with Gasteiger partial charge in [0.25, 0.3) is 0 Å². The van der Waals surface area contributed by atoms with E-state index in [0.29, 0.717) is 6.42 Å². The van der Waals surface area contributed by atoms with Gasteiger partial charge in [-0.15, -0.1) is 0 Å². The summed E-state index contributed by atoms with van der Waals surface area (Å²) in [5.74, 6) is 0.0858. The molecule has 1 nitrogen and oxygen atoms in total. The van der Waals surface area contributed by atoms with Crippen molar-refractivity contribution >= 4 is 35.3 Å². The molecule has 0 rings (SSSR count). The number of Topliss-reactive ketones (excluding diaryl/α,β-unsaturated/α-hetero) is 1. The van der Waals surface area contributed by atoms with E-state index >= 15 is 0 Å². The number of rotatable bonds is 15. The Kier molecular flexibility index (Phi) is 23.0. The van der Waals surface area contributed by atoms with E-state index in [-0.39, 0.29) is 35.3 Å². The zero-order valence-corrected chi connectivity index (χ0v) is 13.7. The van der Waals surface area contributed by atoms with Crippen molar-refractivity contribution in [1.82, 2.24) is 0 Å². The van der Waals surface area contributed by atoms with Crippen LogP contribution in [-0.4, -0.2) is 35.3 Å². The van der Waals surface area contributed by atoms with Crippen molar-refractivity contribution in [3.63, 3.8) is 0 Å². The normalized spacial score (nSPS) is 10.8. The molecule has 0 aromatic rings. The molecular weight excluding hydrogens is 267 g/mol. The van der Waals surface area contributed by atoms with Crippen molar-refractivity contribution in [1.29, 1.82) is 0 Å². The molecule has 0 aromatic carbocycles. The van der Waals surface area contributed by atoms with Gasteiger partial charge in [0, 0.05) is 13.3 Å². The number of hydrogen-bond donors (Lipinski definition) is 0. The summed E-state index contributed by atoms with van der Waals surface area (Å²) in [5, 5.41) is 0. The Hall–Kier alpha value is 0.410. The minimum atomic E-state index is 0. The van der Waals surface area contributed by atoms with Crippen LogP contribution in [0.25, 0.3) is 0 Å². The molecular formula is C19H36NaO. The van der Waals surface area contributed by atoms with Crippen LogP contribution in [-0.2, 0) is 4.79 Å². The Morgan fingerprint density at radius 1 is 0.762 bits per heavy atom. The zero-order valence-electron chi connectivity index (χ0n) is 13.7. The SMILES string of the molecule is [CH2]C(=O)CCCCCCC/C=C\CCCCCCCC.[NaH]. The van der Waals surface area contributed by atoms with E-state index in [9.17, 15) is 4.79 Å². The third-order valence-corrected chi connectivity index (χ3v) is 3.72. The number of ketones is 1. The first-order valence-electron chi connectivity index (χ1n) is 8.77. The van der Waals surface area contributed by atoms with Gasteiger partial charge in [-0.1, -0.05) is 70.4 Å². The average molecular weight is 303 g/mol. The van der Waals surface area contributed by atoms with Crippen LogP contribution in [0.3, 0.4) is 0 Å². The summed E-state index contributed by atoms with van der Waals surface area (Å²) >= 11 is 0. The predicted octanol–water partition coefficient (Wildman–Crippen LogP) is 5.78. The molecule has 0 fully saturated rings. The van der Waals surface area contributed by atoms with E-state index in [0.717, 1.165) is 6.42 Å². The molecule has 0 aliphatic heterocycles. The van der Waals surface area contributed by atoms with Crippen molar-refractivity contribution in [2.45, 2.75) is 96.8 Å². The summed E-state index contributed by atoms with van der Waals surface area (Å²) in [7, 11) is 0. The van der Waals surface area contributed by atoms with Gasteiger partial charge in [-0.25, -0.2) is 0 Å². The van der Waals surface area contributed by atoms with Gasteiger partial charge in [0.05, 0.1) is 0 Å². The predicted molar refractivity (Wildman–Crippen MR) is 97.0 cm³/mol. The Labute approximate surface area is 155 Å². The van der Waals surface area contributed by atoms with Gasteiger partial charge in [-0.2, -0.15) is 0 Å². The van der Waals surface area contributed by atoms with Crippen LogP contribution in [0.5, 0.6) is 0 Å². The molecule has 119 valence electrons. The van der Waals surface area contributed by atoms with Crippen LogP contribution in [0.1, 0.15) is 96.8 Å². The number of hydrogen-bond acceptors (Lipinski definition) is 1. The van der Waals surface area contributed by atoms with Gasteiger partial charge in [-0.05, 0) is 32.1 Å². The Morgan fingerprint density at radius 3 is 1.67 bits per heavy atom. The first-order chi connectivity index (χ1) is 9.77. The molecule has 0 aromatic heterocycles. The summed E-state index contributed by atoms with van der Waals surface area (Å²) in [5.41, 5.74) is 0. The molecule has 0 aliphatic carbocycles. The van der Waals surface area contributed by atoms with E-state index in [1.54, 1.807) is 0 Å². The second kappa shape index (κ2) is 20.4. The summed E-state index contributed by atoms with van der Waals surface area (Å²) in [6.45, 7) is 5.66. The maximum atomic E-state index is 10.7. The summed E-state index contributed by atoms with van der Waals surface area (Å²) in [6.07, 6.45) is 22.3. The van der Waals surface area contributed by atoms with Gasteiger partial charge in [-0.3, -0.25) is 4.79 Å². The first-order valence-corrected chi connectivity index (χ1v) is 8.77. The minimum absolute atomic E-state index is 0. The van der Waals surface area contributed by atoms with Crippen molar-refractivity contribution in [3.8, 4) is 0 Å². The Balaban J connectivity index is 0. The fourth-order valence-corrected chi connectivity index (χ4v) is 2.39. The van der Waals surface area contributed by atoms with Gasteiger partial charge < -0.3 is 0 Å². The fraction of sp³-hybridized carbons (Fsp3) is 0.789.